The van der Waals surface area contributed by atoms with Crippen LogP contribution in [0, 0.1) is 6.92 Å². The highest BCUT2D eigenvalue weighted by Crippen LogP contribution is 2.15. The van der Waals surface area contributed by atoms with Gasteiger partial charge in [0.2, 0.25) is 5.89 Å². The zero-order valence-electron chi connectivity index (χ0n) is 11.8. The number of aryl methyl sites for hydroxylation is 1. The molecule has 0 saturated heterocycles. The van der Waals surface area contributed by atoms with Crippen LogP contribution in [0.2, 0.25) is 5.02 Å². The molecule has 1 unspecified atom stereocenters. The van der Waals surface area contributed by atoms with Crippen LogP contribution in [0.5, 0.6) is 0 Å². The van der Waals surface area contributed by atoms with Gasteiger partial charge in [-0.1, -0.05) is 35.0 Å². The maximum Gasteiger partial charge on any atom is 0.223 e. The Kier molecular flexibility index (Phi) is 6.13. The molecular formula is C14H18ClN3O3. The van der Waals surface area contributed by atoms with Crippen LogP contribution in [0.25, 0.3) is 0 Å². The monoisotopic (exact) mass is 311 g/mol. The van der Waals surface area contributed by atoms with Crippen LogP contribution in [0.3, 0.4) is 0 Å². The average Bonchev–Trinajstić information content (AvgIpc) is 2.87. The summed E-state index contributed by atoms with van der Waals surface area (Å²) in [6.07, 6.45) is -0.611. The number of nitrogens with one attached hydrogen (secondary N) is 1. The second-order valence-electron chi connectivity index (χ2n) is 4.62. The third kappa shape index (κ3) is 5.43. The van der Waals surface area contributed by atoms with Crippen molar-refractivity contribution in [3.63, 3.8) is 0 Å². The van der Waals surface area contributed by atoms with Gasteiger partial charge in [-0.2, -0.15) is 4.98 Å². The maximum atomic E-state index is 9.79. The van der Waals surface area contributed by atoms with E-state index in [9.17, 15) is 5.11 Å². The van der Waals surface area contributed by atoms with E-state index >= 15 is 0 Å². The smallest absolute Gasteiger partial charge is 0.223 e. The molecule has 6 nitrogen and oxygen atoms in total. The Morgan fingerprint density at radius 1 is 1.43 bits per heavy atom. The van der Waals surface area contributed by atoms with Gasteiger partial charge in [0.1, 0.15) is 0 Å². The number of ether oxygens (including phenoxy) is 1. The molecule has 0 amide bonds. The molecule has 1 heterocycles. The lowest BCUT2D eigenvalue weighted by molar-refractivity contribution is 0.0287. The van der Waals surface area contributed by atoms with E-state index in [1.807, 2.05) is 24.3 Å². The molecule has 21 heavy (non-hydrogen) atoms. The van der Waals surface area contributed by atoms with E-state index in [2.05, 4.69) is 15.5 Å². The second-order valence-corrected chi connectivity index (χ2v) is 5.03. The van der Waals surface area contributed by atoms with Gasteiger partial charge < -0.3 is 19.7 Å². The highest BCUT2D eigenvalue weighted by atomic mass is 35.5. The predicted molar refractivity (Wildman–Crippen MR) is 77.9 cm³/mol. The Morgan fingerprint density at radius 2 is 2.24 bits per heavy atom. The van der Waals surface area contributed by atoms with Crippen LogP contribution in [-0.2, 0) is 17.9 Å². The number of nitrogens with zero attached hydrogens (tertiary/aromatic N) is 2. The van der Waals surface area contributed by atoms with E-state index in [1.165, 1.54) is 0 Å². The predicted octanol–water partition coefficient (Wildman–Crippen LogP) is 1.70. The summed E-state index contributed by atoms with van der Waals surface area (Å²) in [5.41, 5.74) is 0.904. The molecule has 2 rings (SSSR count). The minimum Gasteiger partial charge on any atom is -0.389 e. The van der Waals surface area contributed by atoms with E-state index in [-0.39, 0.29) is 6.61 Å². The summed E-state index contributed by atoms with van der Waals surface area (Å²) >= 11 is 6.02. The van der Waals surface area contributed by atoms with Gasteiger partial charge in [-0.3, -0.25) is 0 Å². The largest absolute Gasteiger partial charge is 0.389 e. The molecule has 1 aromatic heterocycles. The number of rotatable bonds is 8. The van der Waals surface area contributed by atoms with Gasteiger partial charge in [-0.25, -0.2) is 0 Å². The first-order valence-corrected chi connectivity index (χ1v) is 7.02. The molecule has 2 aromatic rings. The number of hydrogen-bond acceptors (Lipinski definition) is 6. The fourth-order valence-corrected chi connectivity index (χ4v) is 1.93. The van der Waals surface area contributed by atoms with Crippen LogP contribution in [0.4, 0.5) is 0 Å². The van der Waals surface area contributed by atoms with Crippen LogP contribution < -0.4 is 5.32 Å². The summed E-state index contributed by atoms with van der Waals surface area (Å²) in [4.78, 5) is 4.05. The first kappa shape index (κ1) is 15.9. The lowest BCUT2D eigenvalue weighted by Gasteiger charge is -2.12. The molecule has 0 aliphatic rings. The molecule has 0 spiro atoms. The molecule has 7 heteroatoms. The van der Waals surface area contributed by atoms with Crippen LogP contribution in [0.1, 0.15) is 17.3 Å². The molecule has 0 fully saturated rings. The van der Waals surface area contributed by atoms with Crippen LogP contribution in [-0.4, -0.2) is 34.5 Å². The summed E-state index contributed by atoms with van der Waals surface area (Å²) < 4.78 is 10.3. The molecule has 2 N–H and O–H groups in total. The molecule has 1 aromatic carbocycles. The molecule has 0 saturated carbocycles. The summed E-state index contributed by atoms with van der Waals surface area (Å²) in [5.74, 6) is 1.09. The van der Waals surface area contributed by atoms with Gasteiger partial charge in [-0.05, 0) is 11.6 Å². The Labute approximate surface area is 128 Å². The summed E-state index contributed by atoms with van der Waals surface area (Å²) in [7, 11) is 0. The molecule has 1 atom stereocenters. The Hall–Kier alpha value is -1.47. The topological polar surface area (TPSA) is 80.4 Å². The lowest BCUT2D eigenvalue weighted by Crippen LogP contribution is -2.30. The van der Waals surface area contributed by atoms with Gasteiger partial charge in [0.25, 0.3) is 0 Å². The molecule has 0 radical (unpaired) electrons. The van der Waals surface area contributed by atoms with E-state index in [1.54, 1.807) is 6.92 Å². The number of aliphatic hydroxyl groups excluding tert-OH is 1. The first-order chi connectivity index (χ1) is 10.1. The van der Waals surface area contributed by atoms with Crippen molar-refractivity contribution in [2.75, 3.05) is 13.2 Å². The number of aromatic nitrogens is 2. The number of aliphatic hydroxyl groups is 1. The summed E-state index contributed by atoms with van der Waals surface area (Å²) in [6.45, 7) is 3.16. The van der Waals surface area contributed by atoms with Gasteiger partial charge in [0.15, 0.2) is 5.82 Å². The standard InChI is InChI=1S/C14H18ClN3O3/c1-10-17-14(18-21-10)7-16-6-12(19)9-20-8-11-4-2-3-5-13(11)15/h2-5,12,16,19H,6-9H2,1H3. The van der Waals surface area contributed by atoms with Crippen LogP contribution in [0.15, 0.2) is 28.8 Å². The minimum absolute atomic E-state index is 0.226. The van der Waals surface area contributed by atoms with Crippen molar-refractivity contribution in [3.8, 4) is 0 Å². The maximum absolute atomic E-state index is 9.79. The minimum atomic E-state index is -0.611. The first-order valence-electron chi connectivity index (χ1n) is 6.64. The summed E-state index contributed by atoms with van der Waals surface area (Å²) in [5, 5.41) is 17.2. The van der Waals surface area contributed by atoms with E-state index < -0.39 is 6.10 Å². The second kappa shape index (κ2) is 8.09. The third-order valence-electron chi connectivity index (χ3n) is 2.76. The zero-order chi connectivity index (χ0) is 15.1. The molecular weight excluding hydrogens is 294 g/mol. The highest BCUT2D eigenvalue weighted by Gasteiger charge is 2.07. The SMILES string of the molecule is Cc1nc(CNCC(O)COCc2ccccc2Cl)no1. The van der Waals surface area contributed by atoms with Crippen molar-refractivity contribution in [1.29, 1.82) is 0 Å². The van der Waals surface area contributed by atoms with Gasteiger partial charge in [0.05, 0.1) is 25.9 Å². The number of benzene rings is 1. The Balaban J connectivity index is 1.61. The molecule has 0 bridgehead atoms. The van der Waals surface area contributed by atoms with Crippen LogP contribution >= 0.6 is 11.6 Å². The van der Waals surface area contributed by atoms with Crippen molar-refractivity contribution in [3.05, 3.63) is 46.6 Å². The molecule has 0 aliphatic carbocycles. The van der Waals surface area contributed by atoms with Crippen molar-refractivity contribution in [2.45, 2.75) is 26.2 Å². The fraction of sp³-hybridized carbons (Fsp3) is 0.429. The van der Waals surface area contributed by atoms with Crippen molar-refractivity contribution >= 4 is 11.6 Å². The van der Waals surface area contributed by atoms with E-state index in [0.717, 1.165) is 5.56 Å². The third-order valence-corrected chi connectivity index (χ3v) is 3.13. The quantitative estimate of drug-likeness (QED) is 0.772. The normalized spacial score (nSPS) is 12.5. The number of halogens is 1. The Morgan fingerprint density at radius 3 is 2.95 bits per heavy atom. The number of hydrogen-bond donors (Lipinski definition) is 2. The summed E-state index contributed by atoms with van der Waals surface area (Å²) in [6, 6.07) is 7.47. The van der Waals surface area contributed by atoms with E-state index in [0.29, 0.717) is 36.4 Å². The zero-order valence-corrected chi connectivity index (χ0v) is 12.5. The van der Waals surface area contributed by atoms with E-state index in [4.69, 9.17) is 20.9 Å². The molecule has 0 aliphatic heterocycles. The van der Waals surface area contributed by atoms with Gasteiger partial charge in [0, 0.05) is 18.5 Å². The average molecular weight is 312 g/mol. The van der Waals surface area contributed by atoms with Crippen molar-refractivity contribution in [1.82, 2.24) is 15.5 Å². The highest BCUT2D eigenvalue weighted by molar-refractivity contribution is 6.31. The van der Waals surface area contributed by atoms with Gasteiger partial charge in [-0.15, -0.1) is 0 Å². The van der Waals surface area contributed by atoms with Crippen molar-refractivity contribution < 1.29 is 14.4 Å². The fourth-order valence-electron chi connectivity index (χ4n) is 1.74. The van der Waals surface area contributed by atoms with Crippen molar-refractivity contribution in [2.24, 2.45) is 0 Å². The molecule has 114 valence electrons. The van der Waals surface area contributed by atoms with Gasteiger partial charge >= 0.3 is 0 Å². The Bertz CT molecular complexity index is 562. The lowest BCUT2D eigenvalue weighted by atomic mass is 10.2.